The maximum atomic E-state index is 12.1. The second-order valence-electron chi connectivity index (χ2n) is 6.22. The monoisotopic (exact) mass is 434 g/mol. The Labute approximate surface area is 178 Å². The van der Waals surface area contributed by atoms with Crippen molar-refractivity contribution in [2.45, 2.75) is 20.8 Å². The first-order valence-corrected chi connectivity index (χ1v) is 9.31. The minimum absolute atomic E-state index is 0.322. The fraction of sp³-hybridized carbons (Fsp3) is 0.150. The highest BCUT2D eigenvalue weighted by Crippen LogP contribution is 2.23. The molecule has 0 aliphatic carbocycles. The van der Waals surface area contributed by atoms with E-state index < -0.39 is 17.7 Å². The number of nitrogens with one attached hydrogen (secondary N) is 4. The Morgan fingerprint density at radius 1 is 0.897 bits per heavy atom. The Bertz CT molecular complexity index is 990. The van der Waals surface area contributed by atoms with Crippen LogP contribution >= 0.6 is 23.2 Å². The summed E-state index contributed by atoms with van der Waals surface area (Å²) in [5.74, 6) is -2.23. The average Bonchev–Trinajstić information content (AvgIpc) is 2.66. The molecule has 0 saturated carbocycles. The molecule has 0 atom stereocenters. The topological polar surface area (TPSA) is 99.3 Å². The smallest absolute Gasteiger partial charge is 0.322 e. The molecule has 29 heavy (non-hydrogen) atoms. The second-order valence-corrected chi connectivity index (χ2v) is 7.07. The average molecular weight is 435 g/mol. The number of allylic oxidation sites excluding steroid dienone is 1. The molecule has 0 unspecified atom stereocenters. The molecule has 0 radical (unpaired) electrons. The number of hydrogen-bond donors (Lipinski definition) is 4. The van der Waals surface area contributed by atoms with Crippen LogP contribution in [0.2, 0.25) is 10.0 Å². The van der Waals surface area contributed by atoms with E-state index in [2.05, 4.69) is 21.5 Å². The zero-order chi connectivity index (χ0) is 21.6. The Morgan fingerprint density at radius 2 is 1.62 bits per heavy atom. The second kappa shape index (κ2) is 9.95. The lowest BCUT2D eigenvalue weighted by Gasteiger charge is -2.11. The van der Waals surface area contributed by atoms with Crippen LogP contribution in [0.4, 0.5) is 11.4 Å². The fourth-order valence-electron chi connectivity index (χ4n) is 2.26. The van der Waals surface area contributed by atoms with E-state index in [0.29, 0.717) is 32.7 Å². The van der Waals surface area contributed by atoms with Gasteiger partial charge < -0.3 is 16.1 Å². The highest BCUT2D eigenvalue weighted by atomic mass is 35.5. The van der Waals surface area contributed by atoms with E-state index in [-0.39, 0.29) is 0 Å². The summed E-state index contributed by atoms with van der Waals surface area (Å²) in [6, 6.07) is 10.1. The number of carbonyl (C=O) groups is 3. The van der Waals surface area contributed by atoms with Gasteiger partial charge in [-0.25, -0.2) is 0 Å². The standard InChI is InChI=1S/C20H20Cl2N4O3/c1-11-7-8-14(21)10-17(11)23-18(27)9-12(2)25-26-20(29)19(28)24-16-6-4-5-15(22)13(16)3/h4-10,25H,1-3H3,(H,23,27)(H,24,28)(H,26,29). The lowest BCUT2D eigenvalue weighted by molar-refractivity contribution is -0.136. The van der Waals surface area contributed by atoms with Crippen LogP contribution in [0.1, 0.15) is 18.1 Å². The van der Waals surface area contributed by atoms with Crippen LogP contribution < -0.4 is 21.5 Å². The number of hydrazine groups is 1. The van der Waals surface area contributed by atoms with Crippen LogP contribution in [0.3, 0.4) is 0 Å². The first-order valence-electron chi connectivity index (χ1n) is 8.55. The molecule has 7 nitrogen and oxygen atoms in total. The number of hydrogen-bond acceptors (Lipinski definition) is 4. The Balaban J connectivity index is 1.89. The van der Waals surface area contributed by atoms with Crippen LogP contribution in [0, 0.1) is 13.8 Å². The first-order chi connectivity index (χ1) is 13.7. The van der Waals surface area contributed by atoms with E-state index in [1.165, 1.54) is 6.08 Å². The van der Waals surface area contributed by atoms with Gasteiger partial charge in [0.2, 0.25) is 5.91 Å². The number of benzene rings is 2. The summed E-state index contributed by atoms with van der Waals surface area (Å²) in [7, 11) is 0. The molecule has 4 N–H and O–H groups in total. The molecule has 0 aromatic heterocycles. The third-order valence-electron chi connectivity index (χ3n) is 3.90. The molecule has 9 heteroatoms. The van der Waals surface area contributed by atoms with Crippen molar-refractivity contribution in [1.82, 2.24) is 10.9 Å². The number of amides is 3. The highest BCUT2D eigenvalue weighted by molar-refractivity contribution is 6.40. The minimum atomic E-state index is -0.928. The zero-order valence-electron chi connectivity index (χ0n) is 16.0. The van der Waals surface area contributed by atoms with Crippen LogP contribution in [0.15, 0.2) is 48.2 Å². The molecular formula is C20H20Cl2N4O3. The van der Waals surface area contributed by atoms with Gasteiger partial charge in [0, 0.05) is 33.2 Å². The van der Waals surface area contributed by atoms with E-state index in [1.54, 1.807) is 50.2 Å². The summed E-state index contributed by atoms with van der Waals surface area (Å²) < 4.78 is 0. The molecule has 3 amide bonds. The Morgan fingerprint density at radius 3 is 2.34 bits per heavy atom. The third-order valence-corrected chi connectivity index (χ3v) is 4.54. The van der Waals surface area contributed by atoms with Gasteiger partial charge in [-0.15, -0.1) is 0 Å². The maximum absolute atomic E-state index is 12.1. The van der Waals surface area contributed by atoms with Crippen molar-refractivity contribution in [2.24, 2.45) is 0 Å². The normalized spacial score (nSPS) is 10.9. The fourth-order valence-corrected chi connectivity index (χ4v) is 2.61. The predicted molar refractivity (Wildman–Crippen MR) is 115 cm³/mol. The molecular weight excluding hydrogens is 415 g/mol. The van der Waals surface area contributed by atoms with Crippen molar-refractivity contribution in [3.8, 4) is 0 Å². The number of rotatable bonds is 5. The van der Waals surface area contributed by atoms with Gasteiger partial charge in [-0.1, -0.05) is 35.3 Å². The summed E-state index contributed by atoms with van der Waals surface area (Å²) in [5.41, 5.74) is 7.55. The molecule has 152 valence electrons. The summed E-state index contributed by atoms with van der Waals surface area (Å²) in [6.45, 7) is 5.12. The van der Waals surface area contributed by atoms with E-state index in [9.17, 15) is 14.4 Å². The lowest BCUT2D eigenvalue weighted by atomic mass is 10.2. The Hall–Kier alpha value is -3.03. The van der Waals surface area contributed by atoms with E-state index >= 15 is 0 Å². The van der Waals surface area contributed by atoms with Crippen molar-refractivity contribution in [3.63, 3.8) is 0 Å². The number of halogens is 2. The summed E-state index contributed by atoms with van der Waals surface area (Å²) >= 11 is 11.9. The van der Waals surface area contributed by atoms with Gasteiger partial charge in [0.05, 0.1) is 0 Å². The van der Waals surface area contributed by atoms with Crippen LogP contribution in [0.25, 0.3) is 0 Å². The Kier molecular flexibility index (Phi) is 7.64. The van der Waals surface area contributed by atoms with Crippen molar-refractivity contribution < 1.29 is 14.4 Å². The molecule has 0 saturated heterocycles. The van der Waals surface area contributed by atoms with Crippen molar-refractivity contribution in [3.05, 3.63) is 69.3 Å². The predicted octanol–water partition coefficient (Wildman–Crippen LogP) is 3.71. The summed E-state index contributed by atoms with van der Waals surface area (Å²) in [5, 5.41) is 6.14. The van der Waals surface area contributed by atoms with Gasteiger partial charge >= 0.3 is 11.8 Å². The van der Waals surface area contributed by atoms with Crippen molar-refractivity contribution in [1.29, 1.82) is 0 Å². The van der Waals surface area contributed by atoms with Crippen molar-refractivity contribution in [2.75, 3.05) is 10.6 Å². The van der Waals surface area contributed by atoms with Gasteiger partial charge in [0.25, 0.3) is 0 Å². The molecule has 0 fully saturated rings. The molecule has 0 spiro atoms. The third kappa shape index (κ3) is 6.51. The van der Waals surface area contributed by atoms with E-state index in [0.717, 1.165) is 5.56 Å². The first kappa shape index (κ1) is 22.3. The van der Waals surface area contributed by atoms with Gasteiger partial charge in [-0.05, 0) is 56.2 Å². The number of carbonyl (C=O) groups excluding carboxylic acids is 3. The molecule has 0 heterocycles. The highest BCUT2D eigenvalue weighted by Gasteiger charge is 2.15. The van der Waals surface area contributed by atoms with E-state index in [4.69, 9.17) is 23.2 Å². The SMILES string of the molecule is CC(=CC(=O)Nc1cc(Cl)ccc1C)NNC(=O)C(=O)Nc1cccc(Cl)c1C. The zero-order valence-corrected chi connectivity index (χ0v) is 17.5. The number of anilines is 2. The van der Waals surface area contributed by atoms with E-state index in [1.807, 2.05) is 6.92 Å². The van der Waals surface area contributed by atoms with Crippen LogP contribution in [-0.4, -0.2) is 17.7 Å². The van der Waals surface area contributed by atoms with Crippen LogP contribution in [-0.2, 0) is 14.4 Å². The summed E-state index contributed by atoms with van der Waals surface area (Å²) in [4.78, 5) is 36.1. The molecule has 2 rings (SSSR count). The van der Waals surface area contributed by atoms with Gasteiger partial charge in [0.15, 0.2) is 0 Å². The molecule has 2 aromatic carbocycles. The minimum Gasteiger partial charge on any atom is -0.322 e. The maximum Gasteiger partial charge on any atom is 0.327 e. The van der Waals surface area contributed by atoms with Gasteiger partial charge in [-0.3, -0.25) is 19.8 Å². The van der Waals surface area contributed by atoms with Crippen LogP contribution in [0.5, 0.6) is 0 Å². The largest absolute Gasteiger partial charge is 0.327 e. The molecule has 0 aliphatic heterocycles. The lowest BCUT2D eigenvalue weighted by Crippen LogP contribution is -2.43. The quantitative estimate of drug-likeness (QED) is 0.327. The van der Waals surface area contributed by atoms with Gasteiger partial charge in [-0.2, -0.15) is 0 Å². The molecule has 0 aliphatic rings. The summed E-state index contributed by atoms with van der Waals surface area (Å²) in [6.07, 6.45) is 1.24. The molecule has 0 bridgehead atoms. The van der Waals surface area contributed by atoms with Gasteiger partial charge in [0.1, 0.15) is 0 Å². The molecule has 2 aromatic rings. The number of aryl methyl sites for hydroxylation is 1. The van der Waals surface area contributed by atoms with Crippen molar-refractivity contribution >= 4 is 52.3 Å².